The summed E-state index contributed by atoms with van der Waals surface area (Å²) in [6.45, 7) is 0. The van der Waals surface area contributed by atoms with Crippen molar-refractivity contribution in [2.45, 2.75) is 4.90 Å². The Kier molecular flexibility index (Phi) is 6.86. The average Bonchev–Trinajstić information content (AvgIpc) is 2.75. The third-order valence-electron chi connectivity index (χ3n) is 4.00. The molecule has 0 heterocycles. The normalized spacial score (nSPS) is 11.3. The minimum Gasteiger partial charge on any atom is -0.497 e. The van der Waals surface area contributed by atoms with Crippen molar-refractivity contribution in [2.75, 3.05) is 11.8 Å². The first kappa shape index (κ1) is 21.5. The molecule has 30 heavy (non-hydrogen) atoms. The van der Waals surface area contributed by atoms with Gasteiger partial charge in [-0.25, -0.2) is 13.8 Å². The molecule has 2 N–H and O–H groups in total. The van der Waals surface area contributed by atoms with Crippen LogP contribution in [-0.2, 0) is 10.0 Å². The van der Waals surface area contributed by atoms with E-state index >= 15 is 0 Å². The fourth-order valence-corrected chi connectivity index (χ4v) is 3.82. The summed E-state index contributed by atoms with van der Waals surface area (Å²) in [6, 6.07) is 19.5. The Morgan fingerprint density at radius 3 is 2.40 bits per heavy atom. The van der Waals surface area contributed by atoms with E-state index in [1.54, 1.807) is 24.3 Å². The zero-order valence-corrected chi connectivity index (χ0v) is 18.3. The molecule has 0 spiro atoms. The first-order valence-corrected chi connectivity index (χ1v) is 11.0. The summed E-state index contributed by atoms with van der Waals surface area (Å²) in [5.74, 6) is 0.0881. The smallest absolute Gasteiger partial charge is 0.271 e. The number of benzene rings is 3. The molecule has 0 aromatic heterocycles. The molecular formula is C21H18BrN3O4S. The van der Waals surface area contributed by atoms with E-state index in [0.29, 0.717) is 11.4 Å². The van der Waals surface area contributed by atoms with Gasteiger partial charge in [0, 0.05) is 15.7 Å². The quantitative estimate of drug-likeness (QED) is 0.388. The summed E-state index contributed by atoms with van der Waals surface area (Å²) in [5, 5.41) is 3.91. The molecule has 9 heteroatoms. The molecule has 1 amide bonds. The molecule has 3 rings (SSSR count). The second-order valence-corrected chi connectivity index (χ2v) is 8.71. The lowest BCUT2D eigenvalue weighted by Gasteiger charge is -2.09. The van der Waals surface area contributed by atoms with E-state index in [0.717, 1.165) is 10.0 Å². The highest BCUT2D eigenvalue weighted by atomic mass is 79.9. The van der Waals surface area contributed by atoms with Crippen LogP contribution in [0.1, 0.15) is 15.9 Å². The lowest BCUT2D eigenvalue weighted by Crippen LogP contribution is -2.19. The molecule has 0 aliphatic heterocycles. The van der Waals surface area contributed by atoms with Crippen LogP contribution in [0.3, 0.4) is 0 Å². The van der Waals surface area contributed by atoms with Crippen molar-refractivity contribution < 1.29 is 17.9 Å². The average molecular weight is 488 g/mol. The number of rotatable bonds is 7. The maximum atomic E-state index is 12.6. The number of ether oxygens (including phenoxy) is 1. The molecule has 0 saturated heterocycles. The third kappa shape index (κ3) is 5.68. The zero-order chi connectivity index (χ0) is 21.6. The standard InChI is InChI=1S/C21H18BrN3O4S/c1-29-19-11-9-18(10-12-19)25-30(27,28)20-4-2-3-16(13-20)21(26)24-23-14-15-5-7-17(22)8-6-15/h2-14,25H,1H3,(H,24,26)/b23-14+. The van der Waals surface area contributed by atoms with Crippen LogP contribution in [0.2, 0.25) is 0 Å². The Labute approximate surface area is 183 Å². The van der Waals surface area contributed by atoms with E-state index in [1.165, 1.54) is 37.6 Å². The van der Waals surface area contributed by atoms with Crippen LogP contribution in [0.25, 0.3) is 0 Å². The number of hydrazone groups is 1. The molecule has 0 radical (unpaired) electrons. The van der Waals surface area contributed by atoms with E-state index in [9.17, 15) is 13.2 Å². The van der Waals surface area contributed by atoms with Gasteiger partial charge in [-0.15, -0.1) is 0 Å². The fourth-order valence-electron chi connectivity index (χ4n) is 2.46. The topological polar surface area (TPSA) is 96.9 Å². The molecule has 0 aliphatic carbocycles. The molecule has 0 bridgehead atoms. The highest BCUT2D eigenvalue weighted by Crippen LogP contribution is 2.20. The number of carbonyl (C=O) groups is 1. The van der Waals surface area contributed by atoms with Gasteiger partial charge in [0.1, 0.15) is 5.75 Å². The van der Waals surface area contributed by atoms with Crippen LogP contribution >= 0.6 is 15.9 Å². The van der Waals surface area contributed by atoms with Gasteiger partial charge in [0.05, 0.1) is 18.2 Å². The van der Waals surface area contributed by atoms with Crippen molar-refractivity contribution in [3.05, 3.63) is 88.4 Å². The number of carbonyl (C=O) groups excluding carboxylic acids is 1. The van der Waals surface area contributed by atoms with E-state index in [-0.39, 0.29) is 10.5 Å². The van der Waals surface area contributed by atoms with Crippen LogP contribution in [0.4, 0.5) is 5.69 Å². The van der Waals surface area contributed by atoms with Gasteiger partial charge in [0.2, 0.25) is 0 Å². The summed E-state index contributed by atoms with van der Waals surface area (Å²) < 4.78 is 33.8. The summed E-state index contributed by atoms with van der Waals surface area (Å²) in [5.41, 5.74) is 3.74. The van der Waals surface area contributed by atoms with Gasteiger partial charge in [0.15, 0.2) is 0 Å². The van der Waals surface area contributed by atoms with Gasteiger partial charge >= 0.3 is 0 Å². The Morgan fingerprint density at radius 1 is 1.03 bits per heavy atom. The molecule has 3 aromatic carbocycles. The summed E-state index contributed by atoms with van der Waals surface area (Å²) in [6.07, 6.45) is 1.50. The SMILES string of the molecule is COc1ccc(NS(=O)(=O)c2cccc(C(=O)N/N=C/c3ccc(Br)cc3)c2)cc1. The minimum absolute atomic E-state index is 0.0390. The van der Waals surface area contributed by atoms with Crippen LogP contribution in [-0.4, -0.2) is 27.6 Å². The number of nitrogens with zero attached hydrogens (tertiary/aromatic N) is 1. The van der Waals surface area contributed by atoms with Crippen LogP contribution in [0, 0.1) is 0 Å². The number of halogens is 1. The highest BCUT2D eigenvalue weighted by molar-refractivity contribution is 9.10. The van der Waals surface area contributed by atoms with Crippen LogP contribution in [0.5, 0.6) is 5.75 Å². The Morgan fingerprint density at radius 2 is 1.73 bits per heavy atom. The van der Waals surface area contributed by atoms with Crippen LogP contribution < -0.4 is 14.9 Å². The fraction of sp³-hybridized carbons (Fsp3) is 0.0476. The van der Waals surface area contributed by atoms with E-state index in [2.05, 4.69) is 31.2 Å². The lowest BCUT2D eigenvalue weighted by atomic mass is 10.2. The van der Waals surface area contributed by atoms with Gasteiger partial charge in [-0.3, -0.25) is 9.52 Å². The number of hydrogen-bond acceptors (Lipinski definition) is 5. The van der Waals surface area contributed by atoms with Crippen molar-refractivity contribution in [1.82, 2.24) is 5.43 Å². The Bertz CT molecular complexity index is 1160. The largest absolute Gasteiger partial charge is 0.497 e. The van der Waals surface area contributed by atoms with Crippen LogP contribution in [0.15, 0.2) is 87.3 Å². The Hall–Kier alpha value is -3.17. The summed E-state index contributed by atoms with van der Waals surface area (Å²) in [7, 11) is -2.34. The molecule has 0 aliphatic rings. The predicted molar refractivity (Wildman–Crippen MR) is 119 cm³/mol. The number of methoxy groups -OCH3 is 1. The first-order chi connectivity index (χ1) is 14.4. The van der Waals surface area contributed by atoms with E-state index in [4.69, 9.17) is 4.74 Å². The number of nitrogens with one attached hydrogen (secondary N) is 2. The minimum atomic E-state index is -3.87. The van der Waals surface area contributed by atoms with Crippen molar-refractivity contribution in [3.8, 4) is 5.75 Å². The molecule has 154 valence electrons. The number of amides is 1. The van der Waals surface area contributed by atoms with Crippen molar-refractivity contribution >= 4 is 43.8 Å². The monoisotopic (exact) mass is 487 g/mol. The van der Waals surface area contributed by atoms with Gasteiger partial charge < -0.3 is 4.74 Å². The Balaban J connectivity index is 1.70. The molecule has 7 nitrogen and oxygen atoms in total. The maximum absolute atomic E-state index is 12.6. The van der Waals surface area contributed by atoms with Gasteiger partial charge in [-0.2, -0.15) is 5.10 Å². The highest BCUT2D eigenvalue weighted by Gasteiger charge is 2.16. The van der Waals surface area contributed by atoms with Crippen molar-refractivity contribution in [3.63, 3.8) is 0 Å². The van der Waals surface area contributed by atoms with Crippen molar-refractivity contribution in [1.29, 1.82) is 0 Å². The summed E-state index contributed by atoms with van der Waals surface area (Å²) in [4.78, 5) is 12.3. The second kappa shape index (κ2) is 9.55. The molecule has 0 atom stereocenters. The van der Waals surface area contributed by atoms with Gasteiger partial charge in [0.25, 0.3) is 15.9 Å². The number of hydrogen-bond donors (Lipinski definition) is 2. The lowest BCUT2D eigenvalue weighted by molar-refractivity contribution is 0.0955. The van der Waals surface area contributed by atoms with Gasteiger partial charge in [-0.05, 0) is 60.2 Å². The van der Waals surface area contributed by atoms with Crippen molar-refractivity contribution in [2.24, 2.45) is 5.10 Å². The molecule has 0 fully saturated rings. The number of sulfonamides is 1. The third-order valence-corrected chi connectivity index (χ3v) is 5.91. The molecule has 3 aromatic rings. The van der Waals surface area contributed by atoms with Gasteiger partial charge in [-0.1, -0.05) is 34.1 Å². The predicted octanol–water partition coefficient (Wildman–Crippen LogP) is 4.02. The summed E-state index contributed by atoms with van der Waals surface area (Å²) >= 11 is 3.34. The van der Waals surface area contributed by atoms with E-state index in [1.807, 2.05) is 24.3 Å². The second-order valence-electron chi connectivity index (χ2n) is 6.11. The molecule has 0 unspecified atom stereocenters. The number of anilines is 1. The maximum Gasteiger partial charge on any atom is 0.271 e. The molecule has 0 saturated carbocycles. The molecular weight excluding hydrogens is 470 g/mol. The first-order valence-electron chi connectivity index (χ1n) is 8.73. The van der Waals surface area contributed by atoms with E-state index < -0.39 is 15.9 Å². The zero-order valence-electron chi connectivity index (χ0n) is 15.9.